The number of aromatic carboxylic acids is 2. The maximum Gasteiger partial charge on any atom is 0.336 e. The monoisotopic (exact) mass is 382 g/mol. The van der Waals surface area contributed by atoms with Gasteiger partial charge in [0.1, 0.15) is 11.6 Å². The quantitative estimate of drug-likeness (QED) is 0.656. The minimum absolute atomic E-state index is 0.121. The summed E-state index contributed by atoms with van der Waals surface area (Å²) < 4.78 is 26.2. The molecule has 0 amide bonds. The zero-order valence-electron chi connectivity index (χ0n) is 14.7. The molecule has 0 atom stereocenters. The lowest BCUT2D eigenvalue weighted by Gasteiger charge is -2.13. The van der Waals surface area contributed by atoms with E-state index in [1.165, 1.54) is 24.3 Å². The Morgan fingerprint density at radius 2 is 1.00 bits per heavy atom. The maximum atomic E-state index is 13.1. The van der Waals surface area contributed by atoms with E-state index in [0.29, 0.717) is 22.3 Å². The Bertz CT molecular complexity index is 945. The molecule has 0 aliphatic carbocycles. The third-order valence-electron chi connectivity index (χ3n) is 4.41. The molecule has 6 heteroatoms. The lowest BCUT2D eigenvalue weighted by molar-refractivity contribution is 0.0695. The van der Waals surface area contributed by atoms with Crippen molar-refractivity contribution in [2.75, 3.05) is 0 Å². The van der Waals surface area contributed by atoms with Crippen LogP contribution in [0.4, 0.5) is 8.78 Å². The molecule has 3 rings (SSSR count). The van der Waals surface area contributed by atoms with Crippen molar-refractivity contribution in [1.29, 1.82) is 0 Å². The molecule has 142 valence electrons. The van der Waals surface area contributed by atoms with Gasteiger partial charge in [-0.15, -0.1) is 0 Å². The highest BCUT2D eigenvalue weighted by Crippen LogP contribution is 2.23. The van der Waals surface area contributed by atoms with Gasteiger partial charge in [-0.3, -0.25) is 0 Å². The Hall–Kier alpha value is -3.54. The van der Waals surface area contributed by atoms with Crippen molar-refractivity contribution >= 4 is 11.9 Å². The van der Waals surface area contributed by atoms with Crippen molar-refractivity contribution < 1.29 is 28.6 Å². The number of carbonyl (C=O) groups is 2. The average molecular weight is 382 g/mol. The Morgan fingerprint density at radius 1 is 0.643 bits per heavy atom. The molecule has 0 saturated carbocycles. The number of carboxylic acid groups (broad SMARTS) is 2. The van der Waals surface area contributed by atoms with Gasteiger partial charge in [-0.05, 0) is 65.4 Å². The zero-order valence-corrected chi connectivity index (χ0v) is 14.7. The molecule has 0 saturated heterocycles. The molecule has 0 unspecified atom stereocenters. The second kappa shape index (κ2) is 8.00. The topological polar surface area (TPSA) is 74.6 Å². The number of carboxylic acids is 2. The second-order valence-corrected chi connectivity index (χ2v) is 6.38. The molecule has 0 radical (unpaired) electrons. The summed E-state index contributed by atoms with van der Waals surface area (Å²) in [5, 5.41) is 19.0. The van der Waals surface area contributed by atoms with Crippen LogP contribution in [0.1, 0.15) is 43.0 Å². The van der Waals surface area contributed by atoms with Gasteiger partial charge < -0.3 is 10.2 Å². The van der Waals surface area contributed by atoms with Crippen LogP contribution in [0.25, 0.3) is 0 Å². The SMILES string of the molecule is O=C(O)c1cc(C(=O)O)c(Cc2ccc(F)cc2)cc1Cc1ccc(F)cc1. The summed E-state index contributed by atoms with van der Waals surface area (Å²) in [6.45, 7) is 0. The van der Waals surface area contributed by atoms with E-state index in [0.717, 1.165) is 6.07 Å². The highest BCUT2D eigenvalue weighted by Gasteiger charge is 2.19. The molecule has 28 heavy (non-hydrogen) atoms. The summed E-state index contributed by atoms with van der Waals surface area (Å²) in [6, 6.07) is 14.0. The van der Waals surface area contributed by atoms with Gasteiger partial charge in [-0.25, -0.2) is 18.4 Å². The van der Waals surface area contributed by atoms with Crippen LogP contribution in [0.2, 0.25) is 0 Å². The van der Waals surface area contributed by atoms with E-state index in [9.17, 15) is 28.6 Å². The van der Waals surface area contributed by atoms with Crippen LogP contribution in [0.5, 0.6) is 0 Å². The summed E-state index contributed by atoms with van der Waals surface area (Å²) in [6.07, 6.45) is 0.413. The van der Waals surface area contributed by atoms with Crippen molar-refractivity contribution in [2.45, 2.75) is 12.8 Å². The molecular weight excluding hydrogens is 366 g/mol. The molecule has 0 aromatic heterocycles. The summed E-state index contributed by atoms with van der Waals surface area (Å²) in [7, 11) is 0. The van der Waals surface area contributed by atoms with Crippen molar-refractivity contribution in [3.63, 3.8) is 0 Å². The zero-order chi connectivity index (χ0) is 20.3. The molecule has 0 aliphatic heterocycles. The predicted octanol–water partition coefficient (Wildman–Crippen LogP) is 4.54. The summed E-state index contributed by atoms with van der Waals surface area (Å²) >= 11 is 0. The van der Waals surface area contributed by atoms with Crippen molar-refractivity contribution in [2.24, 2.45) is 0 Å². The number of benzene rings is 3. The van der Waals surface area contributed by atoms with Gasteiger partial charge >= 0.3 is 11.9 Å². The van der Waals surface area contributed by atoms with Crippen LogP contribution >= 0.6 is 0 Å². The van der Waals surface area contributed by atoms with E-state index >= 15 is 0 Å². The molecule has 3 aromatic carbocycles. The fourth-order valence-electron chi connectivity index (χ4n) is 3.03. The first-order chi connectivity index (χ1) is 13.3. The van der Waals surface area contributed by atoms with Crippen LogP contribution in [0.3, 0.4) is 0 Å². The highest BCUT2D eigenvalue weighted by atomic mass is 19.1. The number of hydrogen-bond acceptors (Lipinski definition) is 2. The normalized spacial score (nSPS) is 10.6. The lowest BCUT2D eigenvalue weighted by Crippen LogP contribution is -2.11. The Kier molecular flexibility index (Phi) is 5.49. The van der Waals surface area contributed by atoms with Crippen molar-refractivity contribution in [3.8, 4) is 0 Å². The fourth-order valence-corrected chi connectivity index (χ4v) is 3.03. The highest BCUT2D eigenvalue weighted by molar-refractivity contribution is 5.96. The molecule has 3 aromatic rings. The maximum absolute atomic E-state index is 13.1. The molecule has 0 spiro atoms. The Morgan fingerprint density at radius 3 is 1.32 bits per heavy atom. The van der Waals surface area contributed by atoms with Gasteiger partial charge in [0, 0.05) is 0 Å². The lowest BCUT2D eigenvalue weighted by atomic mass is 9.91. The van der Waals surface area contributed by atoms with Crippen LogP contribution in [-0.2, 0) is 12.8 Å². The molecule has 0 heterocycles. The molecule has 0 fully saturated rings. The van der Waals surface area contributed by atoms with Crippen LogP contribution < -0.4 is 0 Å². The van der Waals surface area contributed by atoms with Crippen LogP contribution in [0, 0.1) is 11.6 Å². The first-order valence-corrected chi connectivity index (χ1v) is 8.45. The van der Waals surface area contributed by atoms with Crippen molar-refractivity contribution in [3.05, 3.63) is 106 Å². The average Bonchev–Trinajstić information content (AvgIpc) is 2.65. The number of halogens is 2. The Labute approximate surface area is 159 Å². The van der Waals surface area contributed by atoms with E-state index in [2.05, 4.69) is 0 Å². The Balaban J connectivity index is 2.06. The molecule has 4 nitrogen and oxygen atoms in total. The van der Waals surface area contributed by atoms with Gasteiger partial charge in [0.05, 0.1) is 11.1 Å². The van der Waals surface area contributed by atoms with Gasteiger partial charge in [-0.2, -0.15) is 0 Å². The first kappa shape index (κ1) is 19.2. The second-order valence-electron chi connectivity index (χ2n) is 6.38. The van der Waals surface area contributed by atoms with E-state index in [1.807, 2.05) is 0 Å². The van der Waals surface area contributed by atoms with Gasteiger partial charge in [0.25, 0.3) is 0 Å². The number of rotatable bonds is 6. The van der Waals surface area contributed by atoms with Crippen molar-refractivity contribution in [1.82, 2.24) is 0 Å². The number of hydrogen-bond donors (Lipinski definition) is 2. The first-order valence-electron chi connectivity index (χ1n) is 8.45. The largest absolute Gasteiger partial charge is 0.478 e. The van der Waals surface area contributed by atoms with E-state index in [-0.39, 0.29) is 24.0 Å². The minimum Gasteiger partial charge on any atom is -0.478 e. The molecule has 0 bridgehead atoms. The molecular formula is C22H16F2O4. The summed E-state index contributed by atoms with van der Waals surface area (Å²) in [4.78, 5) is 23.3. The van der Waals surface area contributed by atoms with Gasteiger partial charge in [0.15, 0.2) is 0 Å². The molecule has 0 aliphatic rings. The van der Waals surface area contributed by atoms with Crippen LogP contribution in [-0.4, -0.2) is 22.2 Å². The van der Waals surface area contributed by atoms with E-state index in [1.54, 1.807) is 30.3 Å². The smallest absolute Gasteiger partial charge is 0.336 e. The van der Waals surface area contributed by atoms with Gasteiger partial charge in [0.2, 0.25) is 0 Å². The molecule has 2 N–H and O–H groups in total. The predicted molar refractivity (Wildman–Crippen MR) is 98.8 cm³/mol. The van der Waals surface area contributed by atoms with E-state index < -0.39 is 23.6 Å². The third-order valence-corrected chi connectivity index (χ3v) is 4.41. The third kappa shape index (κ3) is 4.40. The minimum atomic E-state index is -1.24. The van der Waals surface area contributed by atoms with E-state index in [4.69, 9.17) is 0 Å². The standard InChI is InChI=1S/C22H16F2O4/c23-17-5-1-13(2-6-17)9-15-11-16(10-14-3-7-18(24)8-4-14)20(22(27)28)12-19(15)21(25)26/h1-8,11-12H,9-10H2,(H,25,26)(H,27,28). The summed E-state index contributed by atoms with van der Waals surface area (Å²) in [5.74, 6) is -3.29. The van der Waals surface area contributed by atoms with Crippen LogP contribution in [0.15, 0.2) is 60.7 Å². The summed E-state index contributed by atoms with van der Waals surface area (Å²) in [5.41, 5.74) is 1.98. The fraction of sp³-hybridized carbons (Fsp3) is 0.0909. The van der Waals surface area contributed by atoms with Gasteiger partial charge in [-0.1, -0.05) is 30.3 Å².